The van der Waals surface area contributed by atoms with E-state index >= 15 is 0 Å². The van der Waals surface area contributed by atoms with Crippen molar-refractivity contribution in [1.82, 2.24) is 4.98 Å². The fourth-order valence-electron chi connectivity index (χ4n) is 3.62. The summed E-state index contributed by atoms with van der Waals surface area (Å²) in [4.78, 5) is 6.33. The molecule has 3 aromatic rings. The van der Waals surface area contributed by atoms with Crippen LogP contribution in [0.5, 0.6) is 0 Å². The second kappa shape index (κ2) is 7.71. The zero-order chi connectivity index (χ0) is 22.5. The van der Waals surface area contributed by atoms with Gasteiger partial charge in [-0.25, -0.2) is 10.0 Å². The SMILES string of the molecule is CC(C)S(C)(C)c1ccc2c(-c3cc(C(C)(C)C)cc(C(C)(C)C)c3)nccc2c1. The van der Waals surface area contributed by atoms with Crippen molar-refractivity contribution in [3.8, 4) is 11.3 Å². The van der Waals surface area contributed by atoms with Gasteiger partial charge < -0.3 is 0 Å². The van der Waals surface area contributed by atoms with Crippen LogP contribution in [0.4, 0.5) is 0 Å². The maximum atomic E-state index is 4.86. The van der Waals surface area contributed by atoms with Gasteiger partial charge in [-0.05, 0) is 80.3 Å². The quantitative estimate of drug-likeness (QED) is 0.414. The molecule has 30 heavy (non-hydrogen) atoms. The fourth-order valence-corrected chi connectivity index (χ4v) is 5.01. The number of fused-ring (bicyclic) bond motifs is 1. The van der Waals surface area contributed by atoms with Gasteiger partial charge >= 0.3 is 0 Å². The maximum Gasteiger partial charge on any atom is 0.0780 e. The Morgan fingerprint density at radius 1 is 0.767 bits per heavy atom. The summed E-state index contributed by atoms with van der Waals surface area (Å²) in [6.45, 7) is 18.4. The highest BCUT2D eigenvalue weighted by molar-refractivity contribution is 8.33. The molecular formula is C28H39NS. The lowest BCUT2D eigenvalue weighted by Crippen LogP contribution is -2.16. The lowest BCUT2D eigenvalue weighted by Gasteiger charge is -2.36. The molecule has 0 amide bonds. The first-order chi connectivity index (χ1) is 13.7. The van der Waals surface area contributed by atoms with E-state index in [2.05, 4.69) is 110 Å². The number of benzene rings is 2. The lowest BCUT2D eigenvalue weighted by atomic mass is 9.79. The predicted octanol–water partition coefficient (Wildman–Crippen LogP) is 8.33. The summed E-state index contributed by atoms with van der Waals surface area (Å²) in [7, 11) is -0.818. The Morgan fingerprint density at radius 2 is 1.33 bits per heavy atom. The molecule has 0 saturated carbocycles. The average Bonchev–Trinajstić information content (AvgIpc) is 2.65. The summed E-state index contributed by atoms with van der Waals surface area (Å²) in [5.41, 5.74) is 5.24. The lowest BCUT2D eigenvalue weighted by molar-refractivity contribution is 0.569. The molecule has 0 atom stereocenters. The Bertz CT molecular complexity index is 1030. The van der Waals surface area contributed by atoms with Gasteiger partial charge in [0.15, 0.2) is 0 Å². The summed E-state index contributed by atoms with van der Waals surface area (Å²) in [6, 6.07) is 16.3. The third kappa shape index (κ3) is 4.44. The number of hydrogen-bond donors (Lipinski definition) is 0. The molecule has 0 aliphatic carbocycles. The van der Waals surface area contributed by atoms with Crippen molar-refractivity contribution in [2.24, 2.45) is 0 Å². The van der Waals surface area contributed by atoms with E-state index in [0.29, 0.717) is 5.25 Å². The predicted molar refractivity (Wildman–Crippen MR) is 137 cm³/mol. The molecule has 0 spiro atoms. The molecule has 1 heterocycles. The van der Waals surface area contributed by atoms with Crippen LogP contribution in [0.2, 0.25) is 0 Å². The van der Waals surface area contributed by atoms with Crippen molar-refractivity contribution in [1.29, 1.82) is 0 Å². The third-order valence-corrected chi connectivity index (χ3v) is 10.3. The molecule has 0 N–H and O–H groups in total. The molecule has 1 nitrogen and oxygen atoms in total. The molecule has 0 radical (unpaired) electrons. The Labute approximate surface area is 185 Å². The normalized spacial score (nSPS) is 13.8. The Hall–Kier alpha value is -1.80. The van der Waals surface area contributed by atoms with E-state index in [4.69, 9.17) is 4.98 Å². The van der Waals surface area contributed by atoms with Crippen LogP contribution in [-0.4, -0.2) is 22.7 Å². The van der Waals surface area contributed by atoms with Gasteiger partial charge in [0.25, 0.3) is 0 Å². The van der Waals surface area contributed by atoms with Crippen molar-refractivity contribution in [3.05, 3.63) is 59.8 Å². The molecule has 0 saturated heterocycles. The van der Waals surface area contributed by atoms with E-state index in [-0.39, 0.29) is 10.8 Å². The first-order valence-electron chi connectivity index (χ1n) is 11.0. The van der Waals surface area contributed by atoms with E-state index < -0.39 is 10.0 Å². The molecule has 0 unspecified atom stereocenters. The van der Waals surface area contributed by atoms with Gasteiger partial charge in [0.05, 0.1) is 5.69 Å². The summed E-state index contributed by atoms with van der Waals surface area (Å²) < 4.78 is 0. The van der Waals surface area contributed by atoms with Crippen LogP contribution in [0.25, 0.3) is 22.0 Å². The molecule has 0 fully saturated rings. The van der Waals surface area contributed by atoms with Gasteiger partial charge in [0, 0.05) is 17.1 Å². The maximum absolute atomic E-state index is 4.86. The van der Waals surface area contributed by atoms with Crippen LogP contribution < -0.4 is 0 Å². The average molecular weight is 422 g/mol. The first-order valence-corrected chi connectivity index (χ1v) is 13.5. The molecular weight excluding hydrogens is 382 g/mol. The monoisotopic (exact) mass is 421 g/mol. The zero-order valence-corrected chi connectivity index (χ0v) is 21.4. The molecule has 0 bridgehead atoms. The minimum Gasteiger partial charge on any atom is -0.256 e. The second-order valence-corrected chi connectivity index (χ2v) is 15.5. The fraction of sp³-hybridized carbons (Fsp3) is 0.464. The molecule has 0 aliphatic heterocycles. The van der Waals surface area contributed by atoms with Crippen molar-refractivity contribution in [2.45, 2.75) is 76.4 Å². The topological polar surface area (TPSA) is 12.9 Å². The van der Waals surface area contributed by atoms with Crippen LogP contribution >= 0.6 is 10.0 Å². The highest BCUT2D eigenvalue weighted by atomic mass is 32.3. The number of nitrogens with zero attached hydrogens (tertiary/aromatic N) is 1. The van der Waals surface area contributed by atoms with E-state index in [1.54, 1.807) is 0 Å². The van der Waals surface area contributed by atoms with Crippen molar-refractivity contribution >= 4 is 20.8 Å². The highest BCUT2D eigenvalue weighted by Gasteiger charge is 2.23. The number of pyridine rings is 1. The number of hydrogen-bond acceptors (Lipinski definition) is 1. The molecule has 3 rings (SSSR count). The van der Waals surface area contributed by atoms with Gasteiger partial charge in [-0.1, -0.05) is 67.5 Å². The molecule has 2 aromatic carbocycles. The molecule has 1 aromatic heterocycles. The van der Waals surface area contributed by atoms with Crippen LogP contribution in [0.15, 0.2) is 53.6 Å². The van der Waals surface area contributed by atoms with Crippen molar-refractivity contribution in [2.75, 3.05) is 12.5 Å². The molecule has 2 heteroatoms. The highest BCUT2D eigenvalue weighted by Crippen LogP contribution is 2.53. The van der Waals surface area contributed by atoms with Crippen molar-refractivity contribution < 1.29 is 0 Å². The van der Waals surface area contributed by atoms with Gasteiger partial charge in [0.2, 0.25) is 0 Å². The summed E-state index contributed by atoms with van der Waals surface area (Å²) >= 11 is 0. The minimum absolute atomic E-state index is 0.0956. The Balaban J connectivity index is 2.24. The van der Waals surface area contributed by atoms with E-state index in [0.717, 1.165) is 5.69 Å². The van der Waals surface area contributed by atoms with Crippen LogP contribution in [0.3, 0.4) is 0 Å². The third-order valence-electron chi connectivity index (χ3n) is 6.46. The Kier molecular flexibility index (Phi) is 5.88. The number of aromatic nitrogens is 1. The van der Waals surface area contributed by atoms with E-state index in [9.17, 15) is 0 Å². The second-order valence-electron chi connectivity index (χ2n) is 11.3. The minimum atomic E-state index is -0.818. The van der Waals surface area contributed by atoms with Gasteiger partial charge in [-0.15, -0.1) is 0 Å². The Morgan fingerprint density at radius 3 is 1.83 bits per heavy atom. The molecule has 0 aliphatic rings. The number of rotatable bonds is 3. The van der Waals surface area contributed by atoms with Crippen molar-refractivity contribution in [3.63, 3.8) is 0 Å². The van der Waals surface area contributed by atoms with E-state index in [1.165, 1.54) is 32.4 Å². The summed E-state index contributed by atoms with van der Waals surface area (Å²) in [5.74, 6) is 0. The smallest absolute Gasteiger partial charge is 0.0780 e. The van der Waals surface area contributed by atoms with E-state index in [1.807, 2.05) is 6.20 Å². The standard InChI is InChI=1S/C28H39NS/c1-19(2)30(9,10)24-11-12-25-20(17-24)13-14-29-26(25)21-15-22(27(3,4)5)18-23(16-21)28(6,7)8/h11-19H,1-10H3. The van der Waals surface area contributed by atoms with Gasteiger partial charge in [-0.3, -0.25) is 4.98 Å². The van der Waals surface area contributed by atoms with Crippen LogP contribution in [-0.2, 0) is 10.8 Å². The summed E-state index contributed by atoms with van der Waals surface area (Å²) in [5, 5.41) is 3.19. The van der Waals surface area contributed by atoms with Crippen LogP contribution in [0, 0.1) is 0 Å². The first kappa shape index (κ1) is 22.9. The zero-order valence-electron chi connectivity index (χ0n) is 20.6. The summed E-state index contributed by atoms with van der Waals surface area (Å²) in [6.07, 6.45) is 6.81. The molecule has 162 valence electrons. The largest absolute Gasteiger partial charge is 0.256 e. The van der Waals surface area contributed by atoms with Gasteiger partial charge in [0.1, 0.15) is 0 Å². The van der Waals surface area contributed by atoms with Crippen LogP contribution in [0.1, 0.15) is 66.5 Å². The van der Waals surface area contributed by atoms with Gasteiger partial charge in [-0.2, -0.15) is 0 Å².